The van der Waals surface area contributed by atoms with Crippen LogP contribution in [-0.2, 0) is 4.79 Å². The van der Waals surface area contributed by atoms with Gasteiger partial charge >= 0.3 is 0 Å². The minimum absolute atomic E-state index is 0.0368. The quantitative estimate of drug-likeness (QED) is 0.598. The smallest absolute Gasteiger partial charge is 0.133 e. The van der Waals surface area contributed by atoms with E-state index in [9.17, 15) is 4.79 Å². The Balaban J connectivity index is 2.47. The molecule has 0 saturated heterocycles. The van der Waals surface area contributed by atoms with E-state index < -0.39 is 0 Å². The fraction of sp³-hybridized carbons (Fsp3) is 0.462. The molecular formula is C13H18Cl2N2O. The van der Waals surface area contributed by atoms with Crippen molar-refractivity contribution >= 4 is 35.2 Å². The van der Waals surface area contributed by atoms with Gasteiger partial charge in [0, 0.05) is 18.8 Å². The number of carbonyl (C=O) groups excluding carboxylic acids is 1. The molecular weight excluding hydrogens is 271 g/mol. The molecule has 2 N–H and O–H groups in total. The fourth-order valence-electron chi connectivity index (χ4n) is 1.48. The van der Waals surface area contributed by atoms with Crippen molar-refractivity contribution in [1.82, 2.24) is 5.32 Å². The first-order chi connectivity index (χ1) is 8.44. The van der Waals surface area contributed by atoms with Crippen molar-refractivity contribution in [3.05, 3.63) is 28.2 Å². The second-order valence-corrected chi connectivity index (χ2v) is 5.76. The molecule has 0 aliphatic heterocycles. The second kappa shape index (κ2) is 6.98. The average molecular weight is 289 g/mol. The minimum Gasteiger partial charge on any atom is -0.384 e. The molecule has 0 bridgehead atoms. The largest absolute Gasteiger partial charge is 0.384 e. The Morgan fingerprint density at radius 1 is 1.22 bits per heavy atom. The monoisotopic (exact) mass is 288 g/mol. The van der Waals surface area contributed by atoms with Crippen molar-refractivity contribution in [3.63, 3.8) is 0 Å². The Labute approximate surface area is 118 Å². The highest BCUT2D eigenvalue weighted by Gasteiger charge is 2.17. The van der Waals surface area contributed by atoms with Crippen molar-refractivity contribution in [1.29, 1.82) is 0 Å². The molecule has 0 heterocycles. The zero-order chi connectivity index (χ0) is 13.6. The standard InChI is InChI=1S/C13H18Cl2N2O/c1-13(2,8-16-5-6-18)9-17-10-3-4-11(14)12(15)7-10/h3-4,6-7,16-17H,5,8-9H2,1-2H3. The first-order valence-electron chi connectivity index (χ1n) is 5.78. The fourth-order valence-corrected chi connectivity index (χ4v) is 1.78. The summed E-state index contributed by atoms with van der Waals surface area (Å²) in [6, 6.07) is 5.46. The first-order valence-corrected chi connectivity index (χ1v) is 6.53. The Bertz CT molecular complexity index is 408. The van der Waals surface area contributed by atoms with Crippen LogP contribution in [0.15, 0.2) is 18.2 Å². The molecule has 0 fully saturated rings. The van der Waals surface area contributed by atoms with Crippen molar-refractivity contribution in [2.24, 2.45) is 5.41 Å². The van der Waals surface area contributed by atoms with Crippen LogP contribution in [0.2, 0.25) is 10.0 Å². The summed E-state index contributed by atoms with van der Waals surface area (Å²) in [4.78, 5) is 10.2. The summed E-state index contributed by atoms with van der Waals surface area (Å²) >= 11 is 11.8. The lowest BCUT2D eigenvalue weighted by atomic mass is 9.93. The third kappa shape index (κ3) is 5.25. The molecule has 1 aromatic carbocycles. The van der Waals surface area contributed by atoms with E-state index in [1.54, 1.807) is 12.1 Å². The van der Waals surface area contributed by atoms with Crippen molar-refractivity contribution in [2.75, 3.05) is 25.0 Å². The molecule has 0 aliphatic rings. The van der Waals surface area contributed by atoms with Crippen LogP contribution in [0.4, 0.5) is 5.69 Å². The third-order valence-electron chi connectivity index (χ3n) is 2.52. The Kier molecular flexibility index (Phi) is 5.93. The van der Waals surface area contributed by atoms with E-state index in [1.807, 2.05) is 6.07 Å². The first kappa shape index (κ1) is 15.3. The van der Waals surface area contributed by atoms with Gasteiger partial charge in [0.05, 0.1) is 16.6 Å². The molecule has 0 atom stereocenters. The van der Waals surface area contributed by atoms with Crippen LogP contribution in [0.25, 0.3) is 0 Å². The van der Waals surface area contributed by atoms with Gasteiger partial charge in [0.15, 0.2) is 0 Å². The van der Waals surface area contributed by atoms with Crippen LogP contribution < -0.4 is 10.6 Å². The van der Waals surface area contributed by atoms with Gasteiger partial charge in [0.2, 0.25) is 0 Å². The molecule has 100 valence electrons. The number of hydrogen-bond acceptors (Lipinski definition) is 3. The number of carbonyl (C=O) groups is 1. The summed E-state index contributed by atoms with van der Waals surface area (Å²) < 4.78 is 0. The Hall–Kier alpha value is -0.770. The van der Waals surface area contributed by atoms with E-state index in [0.29, 0.717) is 16.6 Å². The van der Waals surface area contributed by atoms with Crippen LogP contribution in [-0.4, -0.2) is 25.9 Å². The molecule has 1 aromatic rings. The van der Waals surface area contributed by atoms with E-state index in [2.05, 4.69) is 24.5 Å². The molecule has 0 aliphatic carbocycles. The zero-order valence-corrected chi connectivity index (χ0v) is 12.1. The van der Waals surface area contributed by atoms with Crippen LogP contribution in [0.5, 0.6) is 0 Å². The van der Waals surface area contributed by atoms with E-state index in [4.69, 9.17) is 23.2 Å². The normalized spacial score (nSPS) is 11.3. The van der Waals surface area contributed by atoms with Gasteiger partial charge in [0.1, 0.15) is 6.29 Å². The van der Waals surface area contributed by atoms with Gasteiger partial charge in [-0.1, -0.05) is 37.0 Å². The molecule has 3 nitrogen and oxygen atoms in total. The predicted octanol–water partition coefficient (Wildman–Crippen LogP) is 3.22. The van der Waals surface area contributed by atoms with E-state index in [1.165, 1.54) is 0 Å². The SMILES string of the molecule is CC(C)(CNCC=O)CNc1ccc(Cl)c(Cl)c1. The van der Waals surface area contributed by atoms with Crippen molar-refractivity contribution in [2.45, 2.75) is 13.8 Å². The molecule has 0 unspecified atom stereocenters. The Morgan fingerprint density at radius 3 is 2.56 bits per heavy atom. The molecule has 5 heteroatoms. The number of aldehydes is 1. The van der Waals surface area contributed by atoms with Crippen LogP contribution in [0.1, 0.15) is 13.8 Å². The molecule has 1 rings (SSSR count). The van der Waals surface area contributed by atoms with Crippen LogP contribution >= 0.6 is 23.2 Å². The number of benzene rings is 1. The topological polar surface area (TPSA) is 41.1 Å². The number of hydrogen-bond donors (Lipinski definition) is 2. The van der Waals surface area contributed by atoms with Gasteiger partial charge in [-0.25, -0.2) is 0 Å². The van der Waals surface area contributed by atoms with Gasteiger partial charge in [0.25, 0.3) is 0 Å². The average Bonchev–Trinajstić information content (AvgIpc) is 2.31. The van der Waals surface area contributed by atoms with Gasteiger partial charge in [-0.2, -0.15) is 0 Å². The molecule has 0 aromatic heterocycles. The van der Waals surface area contributed by atoms with Gasteiger partial charge in [-0.15, -0.1) is 0 Å². The maximum atomic E-state index is 10.2. The second-order valence-electron chi connectivity index (χ2n) is 4.94. The van der Waals surface area contributed by atoms with E-state index in [-0.39, 0.29) is 5.41 Å². The lowest BCUT2D eigenvalue weighted by molar-refractivity contribution is -0.107. The lowest BCUT2D eigenvalue weighted by Gasteiger charge is -2.25. The summed E-state index contributed by atoms with van der Waals surface area (Å²) in [7, 11) is 0. The molecule has 0 radical (unpaired) electrons. The van der Waals surface area contributed by atoms with Crippen LogP contribution in [0, 0.1) is 5.41 Å². The van der Waals surface area contributed by atoms with E-state index >= 15 is 0 Å². The number of rotatable bonds is 7. The summed E-state index contributed by atoms with van der Waals surface area (Å²) in [6.07, 6.45) is 0.864. The van der Waals surface area contributed by atoms with Crippen LogP contribution in [0.3, 0.4) is 0 Å². The van der Waals surface area contributed by atoms with Gasteiger partial charge in [-0.3, -0.25) is 0 Å². The highest BCUT2D eigenvalue weighted by atomic mass is 35.5. The molecule has 0 amide bonds. The zero-order valence-electron chi connectivity index (χ0n) is 10.6. The van der Waals surface area contributed by atoms with Crippen molar-refractivity contribution in [3.8, 4) is 0 Å². The molecule has 18 heavy (non-hydrogen) atoms. The maximum Gasteiger partial charge on any atom is 0.133 e. The number of nitrogens with one attached hydrogen (secondary N) is 2. The molecule has 0 saturated carbocycles. The summed E-state index contributed by atoms with van der Waals surface area (Å²) in [5.74, 6) is 0. The number of anilines is 1. The minimum atomic E-state index is 0.0368. The van der Waals surface area contributed by atoms with Crippen molar-refractivity contribution < 1.29 is 4.79 Å². The summed E-state index contributed by atoms with van der Waals surface area (Å²) in [5, 5.41) is 7.48. The lowest BCUT2D eigenvalue weighted by Crippen LogP contribution is -2.35. The van der Waals surface area contributed by atoms with Gasteiger partial charge < -0.3 is 15.4 Å². The maximum absolute atomic E-state index is 10.2. The highest BCUT2D eigenvalue weighted by Crippen LogP contribution is 2.25. The summed E-state index contributed by atoms with van der Waals surface area (Å²) in [5.41, 5.74) is 0.975. The van der Waals surface area contributed by atoms with Gasteiger partial charge in [-0.05, 0) is 23.6 Å². The molecule has 0 spiro atoms. The highest BCUT2D eigenvalue weighted by molar-refractivity contribution is 6.42. The Morgan fingerprint density at radius 2 is 1.94 bits per heavy atom. The van der Waals surface area contributed by atoms with E-state index in [0.717, 1.165) is 25.1 Å². The number of halogens is 2. The summed E-state index contributed by atoms with van der Waals surface area (Å²) in [6.45, 7) is 6.16. The predicted molar refractivity (Wildman–Crippen MR) is 77.7 cm³/mol. The third-order valence-corrected chi connectivity index (χ3v) is 3.26.